The molecule has 1 heterocycles. The quantitative estimate of drug-likeness (QED) is 0.663. The lowest BCUT2D eigenvalue weighted by Gasteiger charge is -1.97. The zero-order valence-electron chi connectivity index (χ0n) is 6.87. The summed E-state index contributed by atoms with van der Waals surface area (Å²) in [7, 11) is 0. The van der Waals surface area contributed by atoms with Gasteiger partial charge in [-0.05, 0) is 17.0 Å². The van der Waals surface area contributed by atoms with E-state index in [2.05, 4.69) is 13.8 Å². The Morgan fingerprint density at radius 3 is 2.55 bits per heavy atom. The summed E-state index contributed by atoms with van der Waals surface area (Å²) in [6, 6.07) is 2.30. The van der Waals surface area contributed by atoms with Gasteiger partial charge in [-0.25, -0.2) is 0 Å². The van der Waals surface area contributed by atoms with Gasteiger partial charge in [-0.3, -0.25) is 0 Å². The van der Waals surface area contributed by atoms with Gasteiger partial charge < -0.3 is 10.2 Å². The van der Waals surface area contributed by atoms with Crippen LogP contribution in [0.15, 0.2) is 23.0 Å². The average molecular weight is 151 g/mol. The molecule has 2 unspecified atom stereocenters. The fraction of sp³-hybridized carbons (Fsp3) is 0.556. The maximum atomic E-state index is 5.89. The highest BCUT2D eigenvalue weighted by molar-refractivity contribution is 5.30. The molecule has 1 aliphatic rings. The Bertz CT molecular complexity index is 251. The largest absolute Gasteiger partial charge is 0.472 e. The first kappa shape index (κ1) is 6.92. The second-order valence-corrected chi connectivity index (χ2v) is 3.88. The van der Waals surface area contributed by atoms with Crippen LogP contribution in [0.25, 0.3) is 0 Å². The van der Waals surface area contributed by atoms with Gasteiger partial charge in [-0.15, -0.1) is 0 Å². The van der Waals surface area contributed by atoms with Gasteiger partial charge in [0.05, 0.1) is 12.5 Å². The predicted octanol–water partition coefficient (Wildman–Crippen LogP) is 1.73. The number of hydrogen-bond acceptors (Lipinski definition) is 2. The van der Waals surface area contributed by atoms with E-state index in [-0.39, 0.29) is 5.41 Å². The summed E-state index contributed by atoms with van der Waals surface area (Å²) in [6.07, 6.45) is 3.50. The minimum atomic E-state index is 0.268. The zero-order valence-corrected chi connectivity index (χ0v) is 6.87. The van der Waals surface area contributed by atoms with Crippen LogP contribution in [0.1, 0.15) is 25.3 Å². The molecule has 2 heteroatoms. The van der Waals surface area contributed by atoms with E-state index in [1.165, 1.54) is 5.56 Å². The smallest absolute Gasteiger partial charge is 0.0938 e. The topological polar surface area (TPSA) is 39.2 Å². The van der Waals surface area contributed by atoms with E-state index in [0.717, 1.165) is 0 Å². The SMILES string of the molecule is CC1(C)C(N)C1c1ccoc1. The monoisotopic (exact) mass is 151 g/mol. The second-order valence-electron chi connectivity index (χ2n) is 3.88. The lowest BCUT2D eigenvalue weighted by Crippen LogP contribution is -2.06. The summed E-state index contributed by atoms with van der Waals surface area (Å²) in [5, 5.41) is 0. The molecule has 1 fully saturated rings. The Balaban J connectivity index is 2.23. The molecule has 1 aromatic heterocycles. The molecule has 2 N–H and O–H groups in total. The van der Waals surface area contributed by atoms with Crippen molar-refractivity contribution in [2.75, 3.05) is 0 Å². The van der Waals surface area contributed by atoms with Crippen molar-refractivity contribution < 1.29 is 4.42 Å². The van der Waals surface area contributed by atoms with Gasteiger partial charge in [-0.1, -0.05) is 13.8 Å². The van der Waals surface area contributed by atoms with Gasteiger partial charge >= 0.3 is 0 Å². The van der Waals surface area contributed by atoms with Crippen molar-refractivity contribution in [2.45, 2.75) is 25.8 Å². The maximum Gasteiger partial charge on any atom is 0.0938 e. The molecule has 11 heavy (non-hydrogen) atoms. The van der Waals surface area contributed by atoms with E-state index < -0.39 is 0 Å². The minimum Gasteiger partial charge on any atom is -0.472 e. The Morgan fingerprint density at radius 2 is 2.18 bits per heavy atom. The van der Waals surface area contributed by atoms with Crippen molar-refractivity contribution in [1.82, 2.24) is 0 Å². The third-order valence-corrected chi connectivity index (χ3v) is 2.81. The van der Waals surface area contributed by atoms with Crippen LogP contribution in [0.2, 0.25) is 0 Å². The Hall–Kier alpha value is -0.760. The first-order valence-corrected chi connectivity index (χ1v) is 3.91. The van der Waals surface area contributed by atoms with Gasteiger partial charge in [0.1, 0.15) is 0 Å². The minimum absolute atomic E-state index is 0.268. The molecule has 0 saturated heterocycles. The third-order valence-electron chi connectivity index (χ3n) is 2.81. The van der Waals surface area contributed by atoms with E-state index in [1.54, 1.807) is 12.5 Å². The van der Waals surface area contributed by atoms with Gasteiger partial charge in [0.25, 0.3) is 0 Å². The fourth-order valence-electron chi connectivity index (χ4n) is 1.77. The Kier molecular flexibility index (Phi) is 1.19. The number of rotatable bonds is 1. The summed E-state index contributed by atoms with van der Waals surface area (Å²) >= 11 is 0. The first-order chi connectivity index (χ1) is 5.14. The molecule has 2 atom stereocenters. The van der Waals surface area contributed by atoms with Gasteiger partial charge in [0.2, 0.25) is 0 Å². The van der Waals surface area contributed by atoms with E-state index in [0.29, 0.717) is 12.0 Å². The molecule has 1 aromatic rings. The zero-order chi connectivity index (χ0) is 8.06. The molecular formula is C9H13NO. The lowest BCUT2D eigenvalue weighted by molar-refractivity contribution is 0.558. The van der Waals surface area contributed by atoms with Crippen LogP contribution < -0.4 is 5.73 Å². The molecule has 0 bridgehead atoms. The van der Waals surface area contributed by atoms with Crippen molar-refractivity contribution >= 4 is 0 Å². The summed E-state index contributed by atoms with van der Waals surface area (Å²) in [5.41, 5.74) is 7.40. The summed E-state index contributed by atoms with van der Waals surface area (Å²) in [5.74, 6) is 0.501. The normalized spacial score (nSPS) is 33.7. The first-order valence-electron chi connectivity index (χ1n) is 3.91. The fourth-order valence-corrected chi connectivity index (χ4v) is 1.77. The molecule has 0 aliphatic heterocycles. The van der Waals surface area contributed by atoms with Crippen LogP contribution in [0.4, 0.5) is 0 Å². The Morgan fingerprint density at radius 1 is 1.55 bits per heavy atom. The van der Waals surface area contributed by atoms with Crippen LogP contribution >= 0.6 is 0 Å². The highest BCUT2D eigenvalue weighted by atomic mass is 16.3. The van der Waals surface area contributed by atoms with E-state index >= 15 is 0 Å². The van der Waals surface area contributed by atoms with Crippen LogP contribution in [0.3, 0.4) is 0 Å². The molecule has 2 nitrogen and oxygen atoms in total. The van der Waals surface area contributed by atoms with Crippen molar-refractivity contribution in [3.05, 3.63) is 24.2 Å². The second kappa shape index (κ2) is 1.89. The average Bonchev–Trinajstić information content (AvgIpc) is 2.40. The third kappa shape index (κ3) is 0.824. The van der Waals surface area contributed by atoms with Crippen LogP contribution in [0, 0.1) is 5.41 Å². The van der Waals surface area contributed by atoms with Crippen LogP contribution in [0.5, 0.6) is 0 Å². The summed E-state index contributed by atoms with van der Waals surface area (Å²) in [6.45, 7) is 4.38. The van der Waals surface area contributed by atoms with Crippen LogP contribution in [-0.4, -0.2) is 6.04 Å². The van der Waals surface area contributed by atoms with Crippen LogP contribution in [-0.2, 0) is 0 Å². The number of hydrogen-bond donors (Lipinski definition) is 1. The highest BCUT2D eigenvalue weighted by Gasteiger charge is 2.56. The maximum absolute atomic E-state index is 5.89. The number of nitrogens with two attached hydrogens (primary N) is 1. The molecule has 0 radical (unpaired) electrons. The highest BCUT2D eigenvalue weighted by Crippen LogP contribution is 2.57. The number of furan rings is 1. The molecule has 0 aromatic carbocycles. The van der Waals surface area contributed by atoms with Crippen molar-refractivity contribution in [1.29, 1.82) is 0 Å². The predicted molar refractivity (Wildman–Crippen MR) is 43.2 cm³/mol. The van der Waals surface area contributed by atoms with Gasteiger partial charge in [0.15, 0.2) is 0 Å². The lowest BCUT2D eigenvalue weighted by atomic mass is 10.1. The van der Waals surface area contributed by atoms with Gasteiger partial charge in [-0.2, -0.15) is 0 Å². The van der Waals surface area contributed by atoms with Gasteiger partial charge in [0, 0.05) is 12.0 Å². The molecule has 1 aliphatic carbocycles. The molecule has 0 amide bonds. The summed E-state index contributed by atoms with van der Waals surface area (Å²) in [4.78, 5) is 0. The van der Waals surface area contributed by atoms with Crippen molar-refractivity contribution in [2.24, 2.45) is 11.1 Å². The molecule has 60 valence electrons. The van der Waals surface area contributed by atoms with E-state index in [9.17, 15) is 0 Å². The molecule has 1 saturated carbocycles. The van der Waals surface area contributed by atoms with E-state index in [4.69, 9.17) is 10.2 Å². The van der Waals surface area contributed by atoms with E-state index in [1.807, 2.05) is 6.07 Å². The van der Waals surface area contributed by atoms with Crippen molar-refractivity contribution in [3.8, 4) is 0 Å². The molecular weight excluding hydrogens is 138 g/mol. The Labute approximate surface area is 66.4 Å². The molecule has 2 rings (SSSR count). The summed E-state index contributed by atoms with van der Waals surface area (Å²) < 4.78 is 5.00. The standard InChI is InChI=1S/C9H13NO/c1-9(2)7(8(9)10)6-3-4-11-5-6/h3-5,7-8H,10H2,1-2H3. The van der Waals surface area contributed by atoms with Crippen molar-refractivity contribution in [3.63, 3.8) is 0 Å². The molecule has 0 spiro atoms.